The molecular formula is C16H16N2O4. The number of hydrogen-bond donors (Lipinski definition) is 0. The fourth-order valence-corrected chi connectivity index (χ4v) is 2.29. The summed E-state index contributed by atoms with van der Waals surface area (Å²) < 4.78 is 0. The van der Waals surface area contributed by atoms with E-state index in [9.17, 15) is 19.7 Å². The molecule has 0 saturated carbocycles. The van der Waals surface area contributed by atoms with Crippen LogP contribution in [0.4, 0.5) is 5.69 Å². The Morgan fingerprint density at radius 3 is 2.64 bits per heavy atom. The maximum atomic E-state index is 12.4. The molecule has 0 heterocycles. The predicted molar refractivity (Wildman–Crippen MR) is 81.0 cm³/mol. The van der Waals surface area contributed by atoms with Crippen molar-refractivity contribution in [2.24, 2.45) is 0 Å². The molecule has 0 saturated heterocycles. The number of allylic oxidation sites excluding steroid dienone is 2. The van der Waals surface area contributed by atoms with Gasteiger partial charge < -0.3 is 4.90 Å². The number of carbonyl (C=O) groups excluding carboxylic acids is 2. The van der Waals surface area contributed by atoms with Crippen LogP contribution in [0.3, 0.4) is 0 Å². The van der Waals surface area contributed by atoms with E-state index in [2.05, 4.69) is 0 Å². The lowest BCUT2D eigenvalue weighted by Gasteiger charge is -2.20. The van der Waals surface area contributed by atoms with E-state index >= 15 is 0 Å². The fraction of sp³-hybridized carbons (Fsp3) is 0.250. The van der Waals surface area contributed by atoms with E-state index in [-0.39, 0.29) is 11.6 Å². The van der Waals surface area contributed by atoms with Crippen molar-refractivity contribution in [3.05, 3.63) is 63.2 Å². The van der Waals surface area contributed by atoms with Gasteiger partial charge in [-0.2, -0.15) is 0 Å². The van der Waals surface area contributed by atoms with Gasteiger partial charge in [0.05, 0.1) is 4.92 Å². The van der Waals surface area contributed by atoms with E-state index in [0.29, 0.717) is 24.1 Å². The molecule has 1 amide bonds. The molecule has 0 spiro atoms. The van der Waals surface area contributed by atoms with E-state index in [4.69, 9.17) is 0 Å². The summed E-state index contributed by atoms with van der Waals surface area (Å²) in [6.07, 6.45) is 5.63. The Morgan fingerprint density at radius 2 is 2.05 bits per heavy atom. The second kappa shape index (κ2) is 6.80. The van der Waals surface area contributed by atoms with Crippen molar-refractivity contribution >= 4 is 17.9 Å². The van der Waals surface area contributed by atoms with Crippen LogP contribution < -0.4 is 0 Å². The molecule has 0 N–H and O–H groups in total. The third-order valence-electron chi connectivity index (χ3n) is 3.50. The highest BCUT2D eigenvalue weighted by molar-refractivity contribution is 6.01. The number of amides is 1. The lowest BCUT2D eigenvalue weighted by atomic mass is 9.97. The second-order valence-corrected chi connectivity index (χ2v) is 5.08. The van der Waals surface area contributed by atoms with Crippen LogP contribution in [-0.4, -0.2) is 29.1 Å². The molecule has 6 nitrogen and oxygen atoms in total. The van der Waals surface area contributed by atoms with Crippen molar-refractivity contribution in [2.45, 2.75) is 19.4 Å². The van der Waals surface area contributed by atoms with E-state index in [1.807, 2.05) is 6.08 Å². The van der Waals surface area contributed by atoms with Gasteiger partial charge in [0.25, 0.3) is 11.6 Å². The van der Waals surface area contributed by atoms with E-state index in [1.165, 1.54) is 17.0 Å². The molecule has 0 radical (unpaired) electrons. The Bertz CT molecular complexity index is 659. The Morgan fingerprint density at radius 1 is 1.36 bits per heavy atom. The zero-order valence-electron chi connectivity index (χ0n) is 12.2. The molecule has 0 fully saturated rings. The average molecular weight is 300 g/mol. The third kappa shape index (κ3) is 3.46. The molecule has 1 aromatic carbocycles. The smallest absolute Gasteiger partial charge is 0.269 e. The van der Waals surface area contributed by atoms with Crippen LogP contribution in [0, 0.1) is 10.1 Å². The summed E-state index contributed by atoms with van der Waals surface area (Å²) >= 11 is 0. The summed E-state index contributed by atoms with van der Waals surface area (Å²) in [5.74, 6) is -0.226. The third-order valence-corrected chi connectivity index (χ3v) is 3.50. The van der Waals surface area contributed by atoms with Crippen LogP contribution in [0.15, 0.2) is 47.6 Å². The van der Waals surface area contributed by atoms with E-state index in [0.717, 1.165) is 18.3 Å². The Balaban J connectivity index is 2.11. The minimum atomic E-state index is -0.466. The van der Waals surface area contributed by atoms with Crippen molar-refractivity contribution in [1.29, 1.82) is 0 Å². The normalized spacial score (nSPS) is 13.9. The van der Waals surface area contributed by atoms with Gasteiger partial charge in [-0.15, -0.1) is 0 Å². The second-order valence-electron chi connectivity index (χ2n) is 5.08. The summed E-state index contributed by atoms with van der Waals surface area (Å²) in [5.41, 5.74) is 1.74. The Kier molecular flexibility index (Phi) is 4.83. The zero-order chi connectivity index (χ0) is 16.1. The van der Waals surface area contributed by atoms with Crippen molar-refractivity contribution in [3.8, 4) is 0 Å². The first-order valence-corrected chi connectivity index (χ1v) is 6.86. The van der Waals surface area contributed by atoms with Crippen LogP contribution in [0.1, 0.15) is 18.4 Å². The number of aldehydes is 1. The van der Waals surface area contributed by atoms with Gasteiger partial charge in [-0.1, -0.05) is 24.3 Å². The minimum absolute atomic E-state index is 0.0129. The number of likely N-dealkylation sites (N-methyl/N-ethyl adjacent to an activating group) is 1. The number of nitro benzene ring substituents is 1. The topological polar surface area (TPSA) is 80.5 Å². The maximum absolute atomic E-state index is 12.4. The molecule has 114 valence electrons. The standard InChI is InChI=1S/C16H16N2O4/c1-17(10-12-6-8-14(9-7-12)18(21)22)16(20)15-5-3-2-4-13(15)11-19/h3,5-9,11H,2,4,10H2,1H3. The first-order chi connectivity index (χ1) is 10.5. The molecule has 2 rings (SSSR count). The number of benzene rings is 1. The highest BCUT2D eigenvalue weighted by Gasteiger charge is 2.19. The van der Waals surface area contributed by atoms with Gasteiger partial charge in [0.1, 0.15) is 6.29 Å². The number of hydrogen-bond acceptors (Lipinski definition) is 4. The summed E-state index contributed by atoms with van der Waals surface area (Å²) in [7, 11) is 1.64. The molecule has 1 aromatic rings. The van der Waals surface area contributed by atoms with Crippen LogP contribution in [0.2, 0.25) is 0 Å². The lowest BCUT2D eigenvalue weighted by Crippen LogP contribution is -2.28. The van der Waals surface area contributed by atoms with E-state index < -0.39 is 4.92 Å². The number of nitro groups is 1. The maximum Gasteiger partial charge on any atom is 0.269 e. The molecule has 0 unspecified atom stereocenters. The average Bonchev–Trinajstić information content (AvgIpc) is 2.54. The first-order valence-electron chi connectivity index (χ1n) is 6.86. The van der Waals surface area contributed by atoms with Crippen LogP contribution in [0.5, 0.6) is 0 Å². The molecule has 0 aromatic heterocycles. The van der Waals surface area contributed by atoms with Crippen molar-refractivity contribution < 1.29 is 14.5 Å². The van der Waals surface area contributed by atoms with Crippen molar-refractivity contribution in [1.82, 2.24) is 4.90 Å². The number of carbonyl (C=O) groups is 2. The molecule has 1 aliphatic rings. The van der Waals surface area contributed by atoms with Crippen LogP contribution in [0.25, 0.3) is 0 Å². The summed E-state index contributed by atoms with van der Waals surface area (Å²) in [6, 6.07) is 6.05. The monoisotopic (exact) mass is 300 g/mol. The summed E-state index contributed by atoms with van der Waals surface area (Å²) in [5, 5.41) is 10.6. The predicted octanol–water partition coefficient (Wildman–Crippen LogP) is 2.40. The number of non-ortho nitro benzene ring substituents is 1. The molecule has 6 heteroatoms. The quantitative estimate of drug-likeness (QED) is 0.475. The van der Waals surface area contributed by atoms with Gasteiger partial charge in [-0.25, -0.2) is 0 Å². The molecule has 22 heavy (non-hydrogen) atoms. The molecule has 0 bridgehead atoms. The Labute approximate surface area is 127 Å². The first kappa shape index (κ1) is 15.6. The van der Waals surface area contributed by atoms with Gasteiger partial charge in [0.15, 0.2) is 0 Å². The zero-order valence-corrected chi connectivity index (χ0v) is 12.2. The fourth-order valence-electron chi connectivity index (χ4n) is 2.29. The van der Waals surface area contributed by atoms with Gasteiger partial charge >= 0.3 is 0 Å². The summed E-state index contributed by atoms with van der Waals surface area (Å²) in [6.45, 7) is 0.320. The van der Waals surface area contributed by atoms with Gasteiger partial charge in [-0.05, 0) is 18.4 Å². The van der Waals surface area contributed by atoms with Gasteiger partial charge in [0, 0.05) is 36.9 Å². The van der Waals surface area contributed by atoms with Crippen molar-refractivity contribution in [2.75, 3.05) is 7.05 Å². The largest absolute Gasteiger partial charge is 0.337 e. The Hall–Kier alpha value is -2.76. The van der Waals surface area contributed by atoms with Crippen LogP contribution >= 0.6 is 0 Å². The van der Waals surface area contributed by atoms with Crippen LogP contribution in [-0.2, 0) is 16.1 Å². The highest BCUT2D eigenvalue weighted by Crippen LogP contribution is 2.20. The van der Waals surface area contributed by atoms with E-state index in [1.54, 1.807) is 25.3 Å². The van der Waals surface area contributed by atoms with Gasteiger partial charge in [0.2, 0.25) is 0 Å². The van der Waals surface area contributed by atoms with Gasteiger partial charge in [-0.3, -0.25) is 19.7 Å². The number of rotatable bonds is 5. The number of nitrogens with zero attached hydrogens (tertiary/aromatic N) is 2. The van der Waals surface area contributed by atoms with Crippen molar-refractivity contribution in [3.63, 3.8) is 0 Å². The molecule has 0 aliphatic heterocycles. The highest BCUT2D eigenvalue weighted by atomic mass is 16.6. The molecule has 0 atom stereocenters. The molecule has 1 aliphatic carbocycles. The summed E-state index contributed by atoms with van der Waals surface area (Å²) in [4.78, 5) is 35.1. The SMILES string of the molecule is CN(Cc1ccc([N+](=O)[O-])cc1)C(=O)C1=C(C=O)CCC=C1. The lowest BCUT2D eigenvalue weighted by molar-refractivity contribution is -0.384. The molecular weight excluding hydrogens is 284 g/mol. The minimum Gasteiger partial charge on any atom is -0.337 e.